The van der Waals surface area contributed by atoms with Crippen molar-refractivity contribution in [1.82, 2.24) is 10.2 Å². The number of nitrogens with one attached hydrogen (secondary N) is 1. The summed E-state index contributed by atoms with van der Waals surface area (Å²) in [6, 6.07) is 9.99. The van der Waals surface area contributed by atoms with Crippen LogP contribution in [0.15, 0.2) is 24.3 Å². The quantitative estimate of drug-likeness (QED) is 0.885. The average molecular weight is 285 g/mol. The van der Waals surface area contributed by atoms with Gasteiger partial charge in [-0.05, 0) is 31.4 Å². The molecule has 21 heavy (non-hydrogen) atoms. The second-order valence-corrected chi connectivity index (χ2v) is 5.68. The van der Waals surface area contributed by atoms with E-state index in [4.69, 9.17) is 10.00 Å². The van der Waals surface area contributed by atoms with E-state index >= 15 is 0 Å². The Kier molecular flexibility index (Phi) is 4.07. The van der Waals surface area contributed by atoms with Gasteiger partial charge < -0.3 is 10.1 Å². The number of carbonyl (C=O) groups is 1. The molecule has 2 aliphatic rings. The fourth-order valence-corrected chi connectivity index (χ4v) is 2.77. The van der Waals surface area contributed by atoms with Gasteiger partial charge in [-0.3, -0.25) is 9.69 Å². The third kappa shape index (κ3) is 3.53. The Labute approximate surface area is 124 Å². The lowest BCUT2D eigenvalue weighted by molar-refractivity contribution is -0.123. The Morgan fingerprint density at radius 1 is 1.38 bits per heavy atom. The van der Waals surface area contributed by atoms with E-state index in [2.05, 4.69) is 16.3 Å². The molecule has 1 saturated carbocycles. The number of ether oxygens (including phenoxy) is 1. The first-order valence-corrected chi connectivity index (χ1v) is 7.41. The normalized spacial score (nSPS) is 21.8. The molecule has 5 nitrogen and oxygen atoms in total. The van der Waals surface area contributed by atoms with E-state index in [0.29, 0.717) is 11.3 Å². The Bertz CT molecular complexity index is 563. The van der Waals surface area contributed by atoms with E-state index < -0.39 is 0 Å². The van der Waals surface area contributed by atoms with E-state index in [9.17, 15) is 4.79 Å². The van der Waals surface area contributed by atoms with Crippen molar-refractivity contribution in [2.75, 3.05) is 19.7 Å². The molecule has 0 radical (unpaired) electrons. The molecule has 3 rings (SSSR count). The number of para-hydroxylation sites is 1. The number of rotatable bonds is 5. The Balaban J connectivity index is 1.45. The lowest BCUT2D eigenvalue weighted by Crippen LogP contribution is -2.40. The molecule has 1 heterocycles. The number of nitrogens with zero attached hydrogens (tertiary/aromatic N) is 2. The van der Waals surface area contributed by atoms with Crippen LogP contribution in [0, 0.1) is 11.3 Å². The molecule has 1 aliphatic heterocycles. The van der Waals surface area contributed by atoms with Gasteiger partial charge in [-0.15, -0.1) is 0 Å². The van der Waals surface area contributed by atoms with Gasteiger partial charge in [0.2, 0.25) is 0 Å². The minimum atomic E-state index is -0.120. The molecule has 1 atom stereocenters. The Morgan fingerprint density at radius 2 is 2.19 bits per heavy atom. The van der Waals surface area contributed by atoms with Crippen LogP contribution in [0.1, 0.15) is 24.8 Å². The molecule has 1 aliphatic carbocycles. The summed E-state index contributed by atoms with van der Waals surface area (Å²) in [5, 5.41) is 12.0. The van der Waals surface area contributed by atoms with E-state index in [1.54, 1.807) is 24.3 Å². The van der Waals surface area contributed by atoms with Crippen LogP contribution in [-0.2, 0) is 4.79 Å². The van der Waals surface area contributed by atoms with Crippen molar-refractivity contribution in [2.24, 2.45) is 0 Å². The highest BCUT2D eigenvalue weighted by atomic mass is 16.5. The van der Waals surface area contributed by atoms with Crippen LogP contribution in [0.4, 0.5) is 0 Å². The van der Waals surface area contributed by atoms with Gasteiger partial charge >= 0.3 is 0 Å². The first kappa shape index (κ1) is 13.9. The largest absolute Gasteiger partial charge is 0.482 e. The van der Waals surface area contributed by atoms with Gasteiger partial charge in [-0.25, -0.2) is 0 Å². The van der Waals surface area contributed by atoms with Gasteiger partial charge in [0.05, 0.1) is 5.56 Å². The zero-order chi connectivity index (χ0) is 14.7. The van der Waals surface area contributed by atoms with Gasteiger partial charge in [-0.1, -0.05) is 12.1 Å². The van der Waals surface area contributed by atoms with Crippen LogP contribution in [0.2, 0.25) is 0 Å². The summed E-state index contributed by atoms with van der Waals surface area (Å²) in [6.07, 6.45) is 3.61. The summed E-state index contributed by atoms with van der Waals surface area (Å²) < 4.78 is 5.44. The van der Waals surface area contributed by atoms with Gasteiger partial charge in [-0.2, -0.15) is 5.26 Å². The van der Waals surface area contributed by atoms with E-state index in [0.717, 1.165) is 25.6 Å². The van der Waals surface area contributed by atoms with Gasteiger partial charge in [0.25, 0.3) is 5.91 Å². The van der Waals surface area contributed by atoms with Crippen LogP contribution in [0.3, 0.4) is 0 Å². The summed E-state index contributed by atoms with van der Waals surface area (Å²) in [5.41, 5.74) is 0.450. The SMILES string of the molecule is N#Cc1ccccc1OCC(=O)NC1CCN(C2CC2)C1. The molecule has 0 aromatic heterocycles. The molecule has 1 unspecified atom stereocenters. The molecule has 1 N–H and O–H groups in total. The topological polar surface area (TPSA) is 65.4 Å². The van der Waals surface area contributed by atoms with Crippen molar-refractivity contribution in [3.05, 3.63) is 29.8 Å². The monoisotopic (exact) mass is 285 g/mol. The standard InChI is InChI=1S/C16H19N3O2/c17-9-12-3-1-2-4-15(12)21-11-16(20)18-13-7-8-19(10-13)14-5-6-14/h1-4,13-14H,5-8,10-11H2,(H,18,20). The zero-order valence-corrected chi connectivity index (χ0v) is 11.9. The van der Waals surface area contributed by atoms with E-state index in [1.165, 1.54) is 12.8 Å². The number of hydrogen-bond acceptors (Lipinski definition) is 4. The second kappa shape index (κ2) is 6.15. The Morgan fingerprint density at radius 3 is 2.95 bits per heavy atom. The summed E-state index contributed by atoms with van der Waals surface area (Å²) in [6.45, 7) is 1.98. The smallest absolute Gasteiger partial charge is 0.258 e. The molecule has 110 valence electrons. The Hall–Kier alpha value is -2.06. The minimum absolute atomic E-state index is 0.0430. The third-order valence-corrected chi connectivity index (χ3v) is 4.01. The molecule has 0 bridgehead atoms. The summed E-state index contributed by atoms with van der Waals surface area (Å²) in [4.78, 5) is 14.4. The van der Waals surface area contributed by atoms with Crippen molar-refractivity contribution < 1.29 is 9.53 Å². The predicted molar refractivity (Wildman–Crippen MR) is 77.8 cm³/mol. The van der Waals surface area contributed by atoms with E-state index in [1.807, 2.05) is 0 Å². The molecule has 0 spiro atoms. The van der Waals surface area contributed by atoms with Crippen molar-refractivity contribution in [1.29, 1.82) is 5.26 Å². The van der Waals surface area contributed by atoms with Crippen LogP contribution >= 0.6 is 0 Å². The van der Waals surface area contributed by atoms with Crippen LogP contribution in [0.25, 0.3) is 0 Å². The first-order chi connectivity index (χ1) is 10.3. The number of carbonyl (C=O) groups excluding carboxylic acids is 1. The average Bonchev–Trinajstić information content (AvgIpc) is 3.26. The molecule has 1 aromatic rings. The van der Waals surface area contributed by atoms with Crippen molar-refractivity contribution in [2.45, 2.75) is 31.3 Å². The molecular formula is C16H19N3O2. The second-order valence-electron chi connectivity index (χ2n) is 5.68. The first-order valence-electron chi connectivity index (χ1n) is 7.41. The maximum absolute atomic E-state index is 11.9. The third-order valence-electron chi connectivity index (χ3n) is 4.01. The number of benzene rings is 1. The van der Waals surface area contributed by atoms with E-state index in [-0.39, 0.29) is 18.6 Å². The maximum Gasteiger partial charge on any atom is 0.258 e. The molecule has 2 fully saturated rings. The number of hydrogen-bond donors (Lipinski definition) is 1. The van der Waals surface area contributed by atoms with Crippen LogP contribution in [0.5, 0.6) is 5.75 Å². The lowest BCUT2D eigenvalue weighted by atomic mass is 10.2. The molecule has 5 heteroatoms. The number of likely N-dealkylation sites (tertiary alicyclic amines) is 1. The van der Waals surface area contributed by atoms with Crippen LogP contribution < -0.4 is 10.1 Å². The summed E-state index contributed by atoms with van der Waals surface area (Å²) >= 11 is 0. The summed E-state index contributed by atoms with van der Waals surface area (Å²) in [5.74, 6) is 0.339. The fraction of sp³-hybridized carbons (Fsp3) is 0.500. The lowest BCUT2D eigenvalue weighted by Gasteiger charge is -2.16. The molecule has 1 amide bonds. The molecule has 1 saturated heterocycles. The highest BCUT2D eigenvalue weighted by molar-refractivity contribution is 5.78. The number of amides is 1. The van der Waals surface area contributed by atoms with Crippen molar-refractivity contribution in [3.8, 4) is 11.8 Å². The van der Waals surface area contributed by atoms with Crippen molar-refractivity contribution >= 4 is 5.91 Å². The van der Waals surface area contributed by atoms with Crippen molar-refractivity contribution in [3.63, 3.8) is 0 Å². The predicted octanol–water partition coefficient (Wildman–Crippen LogP) is 1.29. The number of nitriles is 1. The minimum Gasteiger partial charge on any atom is -0.482 e. The highest BCUT2D eigenvalue weighted by Crippen LogP contribution is 2.29. The van der Waals surface area contributed by atoms with Crippen LogP contribution in [-0.4, -0.2) is 42.6 Å². The van der Waals surface area contributed by atoms with Gasteiger partial charge in [0.15, 0.2) is 6.61 Å². The zero-order valence-electron chi connectivity index (χ0n) is 11.9. The highest BCUT2D eigenvalue weighted by Gasteiger charge is 2.34. The summed E-state index contributed by atoms with van der Waals surface area (Å²) in [7, 11) is 0. The maximum atomic E-state index is 11.9. The van der Waals surface area contributed by atoms with Gasteiger partial charge in [0.1, 0.15) is 11.8 Å². The molecule has 1 aromatic carbocycles. The fourth-order valence-electron chi connectivity index (χ4n) is 2.77. The molecular weight excluding hydrogens is 266 g/mol. The van der Waals surface area contributed by atoms with Gasteiger partial charge in [0, 0.05) is 25.2 Å².